The quantitative estimate of drug-likeness (QED) is 0.200. The summed E-state index contributed by atoms with van der Waals surface area (Å²) in [4.78, 5) is 48.3. The van der Waals surface area contributed by atoms with E-state index in [-0.39, 0.29) is 29.4 Å². The van der Waals surface area contributed by atoms with Crippen LogP contribution in [0.4, 0.5) is 4.79 Å². The van der Waals surface area contributed by atoms with Crippen molar-refractivity contribution in [2.24, 2.45) is 17.6 Å². The summed E-state index contributed by atoms with van der Waals surface area (Å²) in [5.41, 5.74) is 8.98. The van der Waals surface area contributed by atoms with Crippen molar-refractivity contribution >= 4 is 37.3 Å². The molecule has 4 atom stereocenters. The first-order valence-electron chi connectivity index (χ1n) is 17.2. The van der Waals surface area contributed by atoms with Crippen LogP contribution in [0, 0.1) is 11.8 Å². The van der Waals surface area contributed by atoms with Gasteiger partial charge < -0.3 is 24.4 Å². The Kier molecular flexibility index (Phi) is 12.2. The van der Waals surface area contributed by atoms with Crippen LogP contribution in [0.2, 0.25) is 18.1 Å². The largest absolute Gasteiger partial charge is 0.444 e. The van der Waals surface area contributed by atoms with Crippen molar-refractivity contribution in [2.45, 2.75) is 117 Å². The fourth-order valence-electron chi connectivity index (χ4n) is 5.83. The van der Waals surface area contributed by atoms with Crippen molar-refractivity contribution in [2.75, 3.05) is 6.54 Å². The number of amides is 3. The molecule has 268 valence electrons. The van der Waals surface area contributed by atoms with Crippen molar-refractivity contribution < 1.29 is 33.1 Å². The molecule has 1 saturated heterocycles. The first-order valence-corrected chi connectivity index (χ1v) is 20.1. The normalized spacial score (nSPS) is 17.8. The minimum absolute atomic E-state index is 0.0796. The number of imide groups is 3. The van der Waals surface area contributed by atoms with Crippen LogP contribution in [0.15, 0.2) is 52.9 Å². The van der Waals surface area contributed by atoms with E-state index in [0.717, 1.165) is 5.56 Å². The smallest absolute Gasteiger partial charge is 0.423 e. The summed E-state index contributed by atoms with van der Waals surface area (Å²) >= 11 is 0. The minimum atomic E-state index is -1.96. The number of aromatic nitrogens is 1. The van der Waals surface area contributed by atoms with Crippen LogP contribution in [0.25, 0.3) is 11.1 Å². The van der Waals surface area contributed by atoms with Crippen LogP contribution in [-0.4, -0.2) is 70.8 Å². The van der Waals surface area contributed by atoms with Gasteiger partial charge in [0.25, 0.3) is 11.8 Å². The maximum absolute atomic E-state index is 14.2. The Morgan fingerprint density at radius 2 is 1.71 bits per heavy atom. The van der Waals surface area contributed by atoms with E-state index in [4.69, 9.17) is 19.3 Å². The number of aliphatic hydroxyl groups is 1. The lowest BCUT2D eigenvalue weighted by molar-refractivity contribution is -0.148. The molecule has 1 fully saturated rings. The molecule has 1 aliphatic heterocycles. The predicted octanol–water partition coefficient (Wildman–Crippen LogP) is 6.55. The van der Waals surface area contributed by atoms with Gasteiger partial charge in [0.2, 0.25) is 5.89 Å². The van der Waals surface area contributed by atoms with E-state index < -0.39 is 50.5 Å². The van der Waals surface area contributed by atoms with Crippen LogP contribution < -0.4 is 5.73 Å². The second-order valence-corrected chi connectivity index (χ2v) is 20.1. The summed E-state index contributed by atoms with van der Waals surface area (Å²) in [6.45, 7) is 19.2. The number of carbonyl (C=O) groups is 3. The monoisotopic (exact) mass is 694 g/mol. The van der Waals surface area contributed by atoms with Gasteiger partial charge in [-0.2, -0.15) is 4.90 Å². The van der Waals surface area contributed by atoms with Gasteiger partial charge >= 0.3 is 6.09 Å². The molecule has 3 aromatic rings. The third-order valence-electron chi connectivity index (χ3n) is 9.93. The summed E-state index contributed by atoms with van der Waals surface area (Å²) in [5.74, 6) is -1.89. The molecule has 3 amide bonds. The van der Waals surface area contributed by atoms with Crippen molar-refractivity contribution in [3.05, 3.63) is 65.5 Å². The zero-order valence-electron chi connectivity index (χ0n) is 30.4. The van der Waals surface area contributed by atoms with Gasteiger partial charge in [-0.05, 0) is 72.6 Å². The Hall–Kier alpha value is -3.42. The Morgan fingerprint density at radius 1 is 1.04 bits per heavy atom. The molecule has 4 rings (SSSR count). The number of likely N-dealkylation sites (tertiary alicyclic amines) is 1. The first kappa shape index (κ1) is 38.4. The number of benzene rings is 2. The van der Waals surface area contributed by atoms with Gasteiger partial charge in [0.15, 0.2) is 13.9 Å². The first-order chi connectivity index (χ1) is 22.9. The van der Waals surface area contributed by atoms with Gasteiger partial charge in [-0.25, -0.2) is 9.78 Å². The predicted molar refractivity (Wildman–Crippen MR) is 191 cm³/mol. The molecule has 0 aliphatic carbocycles. The van der Waals surface area contributed by atoms with Crippen LogP contribution in [0.3, 0.4) is 0 Å². The van der Waals surface area contributed by atoms with Crippen molar-refractivity contribution in [1.82, 2.24) is 14.8 Å². The second kappa shape index (κ2) is 15.6. The van der Waals surface area contributed by atoms with Gasteiger partial charge in [0.05, 0.1) is 18.7 Å². The van der Waals surface area contributed by atoms with Gasteiger partial charge in [0, 0.05) is 6.04 Å². The fraction of sp³-hybridized carbons (Fsp3) is 0.568. The number of oxazole rings is 1. The van der Waals surface area contributed by atoms with E-state index in [1.165, 1.54) is 0 Å². The molecule has 2 aromatic carbocycles. The Labute approximate surface area is 291 Å². The lowest BCUT2D eigenvalue weighted by Gasteiger charge is -2.38. The molecule has 0 spiro atoms. The summed E-state index contributed by atoms with van der Waals surface area (Å²) in [6.07, 6.45) is -1.27. The van der Waals surface area contributed by atoms with E-state index >= 15 is 0 Å². The van der Waals surface area contributed by atoms with Gasteiger partial charge in [-0.1, -0.05) is 84.9 Å². The third-order valence-corrected chi connectivity index (χ3v) is 14.4. The molecule has 0 saturated carbocycles. The minimum Gasteiger partial charge on any atom is -0.444 e. The third kappa shape index (κ3) is 8.85. The van der Waals surface area contributed by atoms with E-state index in [2.05, 4.69) is 38.8 Å². The van der Waals surface area contributed by atoms with Crippen LogP contribution in [0.5, 0.6) is 0 Å². The van der Waals surface area contributed by atoms with E-state index in [9.17, 15) is 19.5 Å². The SMILES string of the molecule is CC(C)[C@@H](C(O)c1nc2cc(CO[Si](C)(C)C(C)(C)C)ccc2o1)N1CCC[C@H]1C(=O)N(C(=O)OCc1ccccc1)C(=O)[C@@H](N)C(C)C. The number of hydrogen-bond acceptors (Lipinski definition) is 10. The van der Waals surface area contributed by atoms with Gasteiger partial charge in [0.1, 0.15) is 18.2 Å². The highest BCUT2D eigenvalue weighted by Crippen LogP contribution is 2.38. The molecule has 11 nitrogen and oxygen atoms in total. The number of ether oxygens (including phenoxy) is 1. The summed E-state index contributed by atoms with van der Waals surface area (Å²) in [6, 6.07) is 12.1. The van der Waals surface area contributed by atoms with E-state index in [1.54, 1.807) is 38.1 Å². The Bertz CT molecular complexity index is 1600. The molecule has 2 heterocycles. The van der Waals surface area contributed by atoms with E-state index in [1.807, 2.05) is 43.0 Å². The molecular formula is C37H54N4O7Si. The average Bonchev–Trinajstić information content (AvgIpc) is 3.69. The average molecular weight is 695 g/mol. The Morgan fingerprint density at radius 3 is 2.33 bits per heavy atom. The Balaban J connectivity index is 1.58. The highest BCUT2D eigenvalue weighted by Gasteiger charge is 2.46. The number of carbonyl (C=O) groups excluding carboxylic acids is 3. The van der Waals surface area contributed by atoms with Crippen LogP contribution in [0.1, 0.15) is 84.4 Å². The van der Waals surface area contributed by atoms with Crippen molar-refractivity contribution in [3.63, 3.8) is 0 Å². The molecular weight excluding hydrogens is 641 g/mol. The molecule has 1 aromatic heterocycles. The molecule has 12 heteroatoms. The summed E-state index contributed by atoms with van der Waals surface area (Å²) < 4.78 is 17.9. The number of fused-ring (bicyclic) bond motifs is 1. The topological polar surface area (TPSA) is 148 Å². The zero-order chi connectivity index (χ0) is 36.3. The van der Waals surface area contributed by atoms with Crippen molar-refractivity contribution in [1.29, 1.82) is 0 Å². The standard InChI is InChI=1S/C37H54N4O7Si/c1-23(2)30(38)35(44)41(36(45)46-21-25-14-11-10-12-15-25)34(43)28-16-13-19-40(28)31(24(3)4)32(42)33-39-27-20-26(17-18-29(27)48-33)22-47-49(8,9)37(5,6)7/h10-12,14-15,17-18,20,23-24,28,30-32,42H,13,16,19,21-22,38H2,1-9H3/t28-,30-,31-,32?/m0/s1. The lowest BCUT2D eigenvalue weighted by Crippen LogP contribution is -2.58. The molecule has 0 radical (unpaired) electrons. The molecule has 3 N–H and O–H groups in total. The van der Waals surface area contributed by atoms with Crippen molar-refractivity contribution in [3.8, 4) is 0 Å². The summed E-state index contributed by atoms with van der Waals surface area (Å²) in [7, 11) is -1.96. The summed E-state index contributed by atoms with van der Waals surface area (Å²) in [5, 5.41) is 11.9. The molecule has 0 bridgehead atoms. The van der Waals surface area contributed by atoms with Gasteiger partial charge in [-0.3, -0.25) is 14.5 Å². The van der Waals surface area contributed by atoms with Crippen LogP contribution in [-0.2, 0) is 32.0 Å². The highest BCUT2D eigenvalue weighted by atomic mass is 28.4. The van der Waals surface area contributed by atoms with Gasteiger partial charge in [-0.15, -0.1) is 0 Å². The number of nitrogens with zero attached hydrogens (tertiary/aromatic N) is 3. The van der Waals surface area contributed by atoms with Crippen LogP contribution >= 0.6 is 0 Å². The molecule has 49 heavy (non-hydrogen) atoms. The lowest BCUT2D eigenvalue weighted by atomic mass is 9.95. The second-order valence-electron chi connectivity index (χ2n) is 15.3. The number of rotatable bonds is 12. The zero-order valence-corrected chi connectivity index (χ0v) is 31.4. The number of aliphatic hydroxyl groups excluding tert-OH is 1. The maximum atomic E-state index is 14.2. The molecule has 1 aliphatic rings. The van der Waals surface area contributed by atoms with E-state index in [0.29, 0.717) is 47.6 Å². The number of nitrogens with two attached hydrogens (primary N) is 1. The maximum Gasteiger partial charge on any atom is 0.423 e. The molecule has 1 unspecified atom stereocenters. The fourth-order valence-corrected chi connectivity index (χ4v) is 6.79. The highest BCUT2D eigenvalue weighted by molar-refractivity contribution is 6.74. The number of hydrogen-bond donors (Lipinski definition) is 2.